The normalized spacial score (nSPS) is 10.2. The van der Waals surface area contributed by atoms with E-state index in [0.29, 0.717) is 11.3 Å². The van der Waals surface area contributed by atoms with E-state index in [1.165, 1.54) is 0 Å². The van der Waals surface area contributed by atoms with Gasteiger partial charge in [0, 0.05) is 16.7 Å². The number of para-hydroxylation sites is 1. The Morgan fingerprint density at radius 3 is 2.38 bits per heavy atom. The van der Waals surface area contributed by atoms with Crippen LogP contribution < -0.4 is 10.5 Å². The van der Waals surface area contributed by atoms with Crippen LogP contribution in [0.4, 0.5) is 5.82 Å². The van der Waals surface area contributed by atoms with Crippen molar-refractivity contribution in [2.75, 3.05) is 12.8 Å². The summed E-state index contributed by atoms with van der Waals surface area (Å²) in [7, 11) is 1.61. The number of hydrogen-bond acceptors (Lipinski definition) is 4. The number of pyridine rings is 1. The largest absolute Gasteiger partial charge is 0.496 e. The van der Waals surface area contributed by atoms with Crippen LogP contribution in [0.25, 0.3) is 22.4 Å². The summed E-state index contributed by atoms with van der Waals surface area (Å²) in [5.74, 6) is 0.921. The van der Waals surface area contributed by atoms with Crippen LogP contribution in [-0.4, -0.2) is 12.1 Å². The lowest BCUT2D eigenvalue weighted by Crippen LogP contribution is -2.04. The zero-order valence-corrected chi connectivity index (χ0v) is 13.6. The number of rotatable bonds is 3. The fraction of sp³-hybridized carbons (Fsp3) is 0.100. The molecule has 0 spiro atoms. The fourth-order valence-corrected chi connectivity index (χ4v) is 2.87. The number of methoxy groups -OCH3 is 1. The molecule has 0 fully saturated rings. The van der Waals surface area contributed by atoms with Crippen molar-refractivity contribution in [1.82, 2.24) is 4.98 Å². The average Bonchev–Trinajstić information content (AvgIpc) is 2.63. The Bertz CT molecular complexity index is 928. The Hall–Kier alpha value is -3.32. The Morgan fingerprint density at radius 2 is 1.71 bits per heavy atom. The summed E-state index contributed by atoms with van der Waals surface area (Å²) in [6.45, 7) is 1.96. The number of ether oxygens (including phenoxy) is 1. The summed E-state index contributed by atoms with van der Waals surface area (Å²) in [4.78, 5) is 4.47. The molecule has 0 atom stereocenters. The van der Waals surface area contributed by atoms with E-state index < -0.39 is 0 Å². The summed E-state index contributed by atoms with van der Waals surface area (Å²) < 4.78 is 5.47. The van der Waals surface area contributed by atoms with E-state index in [-0.39, 0.29) is 5.82 Å². The number of nitrogens with two attached hydrogens (primary N) is 1. The van der Waals surface area contributed by atoms with Gasteiger partial charge in [-0.15, -0.1) is 0 Å². The number of hydrogen-bond donors (Lipinski definition) is 1. The van der Waals surface area contributed by atoms with E-state index in [1.54, 1.807) is 7.11 Å². The van der Waals surface area contributed by atoms with Crippen LogP contribution in [0.15, 0.2) is 54.6 Å². The van der Waals surface area contributed by atoms with Crippen LogP contribution in [0.1, 0.15) is 11.1 Å². The minimum atomic E-state index is 0.225. The van der Waals surface area contributed by atoms with E-state index in [9.17, 15) is 5.26 Å². The highest BCUT2D eigenvalue weighted by Crippen LogP contribution is 2.39. The number of aromatic nitrogens is 1. The first kappa shape index (κ1) is 15.6. The Kier molecular flexibility index (Phi) is 4.17. The van der Waals surface area contributed by atoms with Gasteiger partial charge in [0.1, 0.15) is 23.2 Å². The standard InChI is InChI=1S/C20H17N3O/c1-13-18(15-10-6-7-11-17(15)24-2)16(12-21)20(22)23-19(13)14-8-4-3-5-9-14/h3-11H,1-2H3,(H2,22,23). The molecule has 4 nitrogen and oxygen atoms in total. The van der Waals surface area contributed by atoms with Gasteiger partial charge in [0.25, 0.3) is 0 Å². The Balaban J connectivity index is 2.37. The van der Waals surface area contributed by atoms with Gasteiger partial charge in [0.15, 0.2) is 0 Å². The zero-order chi connectivity index (χ0) is 17.1. The van der Waals surface area contributed by atoms with Crippen LogP contribution in [0.3, 0.4) is 0 Å². The molecular weight excluding hydrogens is 298 g/mol. The van der Waals surface area contributed by atoms with Crippen molar-refractivity contribution in [2.24, 2.45) is 0 Å². The van der Waals surface area contributed by atoms with Crippen LogP contribution in [0.2, 0.25) is 0 Å². The van der Waals surface area contributed by atoms with Crippen molar-refractivity contribution >= 4 is 5.82 Å². The van der Waals surface area contributed by atoms with E-state index in [1.807, 2.05) is 61.5 Å². The van der Waals surface area contributed by atoms with E-state index in [0.717, 1.165) is 27.9 Å². The van der Waals surface area contributed by atoms with Crippen molar-refractivity contribution in [1.29, 1.82) is 5.26 Å². The van der Waals surface area contributed by atoms with Crippen molar-refractivity contribution in [3.63, 3.8) is 0 Å². The first-order valence-electron chi connectivity index (χ1n) is 7.56. The highest BCUT2D eigenvalue weighted by molar-refractivity contribution is 5.86. The predicted octanol–water partition coefficient (Wildman–Crippen LogP) is 4.19. The first-order chi connectivity index (χ1) is 11.7. The van der Waals surface area contributed by atoms with Gasteiger partial charge in [-0.1, -0.05) is 48.5 Å². The second kappa shape index (κ2) is 6.43. The molecule has 2 N–H and O–H groups in total. The van der Waals surface area contributed by atoms with Crippen molar-refractivity contribution in [3.05, 3.63) is 65.7 Å². The lowest BCUT2D eigenvalue weighted by atomic mass is 9.92. The topological polar surface area (TPSA) is 71.9 Å². The number of nitrogens with zero attached hydrogens (tertiary/aromatic N) is 2. The van der Waals surface area contributed by atoms with Crippen LogP contribution in [-0.2, 0) is 0 Å². The molecule has 0 unspecified atom stereocenters. The summed E-state index contributed by atoms with van der Waals surface area (Å²) in [5.41, 5.74) is 10.7. The molecule has 4 heteroatoms. The zero-order valence-electron chi connectivity index (χ0n) is 13.6. The molecule has 118 valence electrons. The van der Waals surface area contributed by atoms with Crippen molar-refractivity contribution in [2.45, 2.75) is 6.92 Å². The Labute approximate surface area is 141 Å². The lowest BCUT2D eigenvalue weighted by Gasteiger charge is -2.17. The minimum Gasteiger partial charge on any atom is -0.496 e. The summed E-state index contributed by atoms with van der Waals surface area (Å²) >= 11 is 0. The molecular formula is C20H17N3O. The summed E-state index contributed by atoms with van der Waals surface area (Å²) in [6, 6.07) is 19.6. The molecule has 3 rings (SSSR count). The van der Waals surface area contributed by atoms with Gasteiger partial charge in [0.05, 0.1) is 12.8 Å². The second-order valence-corrected chi connectivity index (χ2v) is 5.40. The molecule has 0 aliphatic heterocycles. The summed E-state index contributed by atoms with van der Waals surface area (Å²) in [5, 5.41) is 9.60. The lowest BCUT2D eigenvalue weighted by molar-refractivity contribution is 0.416. The maximum atomic E-state index is 9.60. The minimum absolute atomic E-state index is 0.225. The number of anilines is 1. The average molecular weight is 315 g/mol. The molecule has 3 aromatic rings. The molecule has 0 saturated carbocycles. The number of nitrogen functional groups attached to an aromatic ring is 1. The molecule has 0 saturated heterocycles. The molecule has 1 heterocycles. The highest BCUT2D eigenvalue weighted by Gasteiger charge is 2.20. The molecule has 2 aromatic carbocycles. The molecule has 1 aromatic heterocycles. The molecule has 0 bridgehead atoms. The Morgan fingerprint density at radius 1 is 1.04 bits per heavy atom. The monoisotopic (exact) mass is 315 g/mol. The first-order valence-corrected chi connectivity index (χ1v) is 7.56. The molecule has 24 heavy (non-hydrogen) atoms. The van der Waals surface area contributed by atoms with E-state index >= 15 is 0 Å². The van der Waals surface area contributed by atoms with Gasteiger partial charge in [0.2, 0.25) is 0 Å². The van der Waals surface area contributed by atoms with Gasteiger partial charge in [-0.05, 0) is 18.6 Å². The van der Waals surface area contributed by atoms with Crippen LogP contribution in [0, 0.1) is 18.3 Å². The van der Waals surface area contributed by atoms with Crippen LogP contribution >= 0.6 is 0 Å². The van der Waals surface area contributed by atoms with Crippen LogP contribution in [0.5, 0.6) is 5.75 Å². The van der Waals surface area contributed by atoms with Gasteiger partial charge < -0.3 is 10.5 Å². The van der Waals surface area contributed by atoms with Gasteiger partial charge in [-0.2, -0.15) is 5.26 Å². The van der Waals surface area contributed by atoms with E-state index in [2.05, 4.69) is 11.1 Å². The number of nitriles is 1. The smallest absolute Gasteiger partial charge is 0.142 e. The van der Waals surface area contributed by atoms with Crippen molar-refractivity contribution < 1.29 is 4.74 Å². The SMILES string of the molecule is COc1ccccc1-c1c(C)c(-c2ccccc2)nc(N)c1C#N. The maximum Gasteiger partial charge on any atom is 0.142 e. The van der Waals surface area contributed by atoms with Gasteiger partial charge in [-0.25, -0.2) is 4.98 Å². The maximum absolute atomic E-state index is 9.60. The third-order valence-corrected chi connectivity index (χ3v) is 4.00. The molecule has 0 amide bonds. The third kappa shape index (κ3) is 2.57. The second-order valence-electron chi connectivity index (χ2n) is 5.40. The molecule has 0 aliphatic carbocycles. The van der Waals surface area contributed by atoms with Gasteiger partial charge >= 0.3 is 0 Å². The molecule has 0 radical (unpaired) electrons. The van der Waals surface area contributed by atoms with Crippen molar-refractivity contribution in [3.8, 4) is 34.2 Å². The summed E-state index contributed by atoms with van der Waals surface area (Å²) in [6.07, 6.45) is 0. The molecule has 0 aliphatic rings. The third-order valence-electron chi connectivity index (χ3n) is 4.00. The predicted molar refractivity (Wildman–Crippen MR) is 95.5 cm³/mol. The number of benzene rings is 2. The quantitative estimate of drug-likeness (QED) is 0.786. The highest BCUT2D eigenvalue weighted by atomic mass is 16.5. The fourth-order valence-electron chi connectivity index (χ4n) is 2.87. The van der Waals surface area contributed by atoms with E-state index in [4.69, 9.17) is 10.5 Å². The van der Waals surface area contributed by atoms with Gasteiger partial charge in [-0.3, -0.25) is 0 Å².